The lowest BCUT2D eigenvalue weighted by molar-refractivity contribution is 0.768. The Morgan fingerprint density at radius 3 is 2.48 bits per heavy atom. The summed E-state index contributed by atoms with van der Waals surface area (Å²) in [6, 6.07) is 1.74. The van der Waals surface area contributed by atoms with Crippen LogP contribution < -0.4 is 11.3 Å². The molecule has 3 rings (SSSR count). The highest BCUT2D eigenvalue weighted by atomic mass is 15.3. The average Bonchev–Trinajstić information content (AvgIpc) is 2.94. The standard InChI is InChI=1S/C13H14N8/c1-8-4-15-12(16-5-8)13-18-10(3-11(19-13)20-14)9-6-17-21(2)7-9/h3-7H,14H2,1-2H3,(H,18,19,20). The molecule has 0 saturated heterocycles. The predicted molar refractivity (Wildman–Crippen MR) is 77.8 cm³/mol. The molecule has 0 aliphatic heterocycles. The highest BCUT2D eigenvalue weighted by Gasteiger charge is 2.11. The minimum atomic E-state index is 0.407. The van der Waals surface area contributed by atoms with Crippen molar-refractivity contribution in [3.63, 3.8) is 0 Å². The molecular formula is C13H14N8. The first-order valence-electron chi connectivity index (χ1n) is 6.29. The Labute approximate surface area is 121 Å². The normalized spacial score (nSPS) is 10.6. The van der Waals surface area contributed by atoms with Crippen molar-refractivity contribution in [3.05, 3.63) is 36.4 Å². The summed E-state index contributed by atoms with van der Waals surface area (Å²) in [5.41, 5.74) is 5.07. The van der Waals surface area contributed by atoms with Crippen molar-refractivity contribution in [3.8, 4) is 22.9 Å². The highest BCUT2D eigenvalue weighted by molar-refractivity contribution is 5.64. The fraction of sp³-hybridized carbons (Fsp3) is 0.154. The quantitative estimate of drug-likeness (QED) is 0.543. The third-order valence-electron chi connectivity index (χ3n) is 2.86. The molecule has 0 atom stereocenters. The lowest BCUT2D eigenvalue weighted by Gasteiger charge is -2.05. The van der Waals surface area contributed by atoms with Crippen LogP contribution in [0.3, 0.4) is 0 Å². The molecular weight excluding hydrogens is 268 g/mol. The zero-order chi connectivity index (χ0) is 14.8. The highest BCUT2D eigenvalue weighted by Crippen LogP contribution is 2.21. The molecule has 8 heteroatoms. The Kier molecular flexibility index (Phi) is 3.28. The van der Waals surface area contributed by atoms with Gasteiger partial charge in [0.25, 0.3) is 0 Å². The van der Waals surface area contributed by atoms with E-state index < -0.39 is 0 Å². The van der Waals surface area contributed by atoms with Crippen LogP contribution in [0, 0.1) is 6.92 Å². The number of aromatic nitrogens is 6. The predicted octanol–water partition coefficient (Wildman–Crippen LogP) is 0.928. The van der Waals surface area contributed by atoms with Gasteiger partial charge in [0.15, 0.2) is 11.6 Å². The molecule has 8 nitrogen and oxygen atoms in total. The van der Waals surface area contributed by atoms with Gasteiger partial charge in [-0.15, -0.1) is 0 Å². The topological polar surface area (TPSA) is 107 Å². The van der Waals surface area contributed by atoms with Gasteiger partial charge in [-0.2, -0.15) is 5.10 Å². The van der Waals surface area contributed by atoms with Gasteiger partial charge in [0.2, 0.25) is 0 Å². The number of aryl methyl sites for hydroxylation is 2. The Morgan fingerprint density at radius 2 is 1.86 bits per heavy atom. The first-order chi connectivity index (χ1) is 10.2. The first kappa shape index (κ1) is 13.1. The smallest absolute Gasteiger partial charge is 0.200 e. The number of anilines is 1. The maximum atomic E-state index is 5.47. The SMILES string of the molecule is Cc1cnc(-c2nc(NN)cc(-c3cnn(C)c3)n2)nc1. The van der Waals surface area contributed by atoms with E-state index in [9.17, 15) is 0 Å². The number of nitrogens with zero attached hydrogens (tertiary/aromatic N) is 6. The maximum absolute atomic E-state index is 5.47. The average molecular weight is 282 g/mol. The van der Waals surface area contributed by atoms with Gasteiger partial charge in [0.05, 0.1) is 11.9 Å². The van der Waals surface area contributed by atoms with E-state index in [1.165, 1.54) is 0 Å². The molecule has 3 N–H and O–H groups in total. The third-order valence-corrected chi connectivity index (χ3v) is 2.86. The number of hydrogen-bond acceptors (Lipinski definition) is 7. The Balaban J connectivity index is 2.10. The van der Waals surface area contributed by atoms with Crippen LogP contribution in [0.25, 0.3) is 22.9 Å². The van der Waals surface area contributed by atoms with Gasteiger partial charge in [0, 0.05) is 37.3 Å². The molecule has 0 saturated carbocycles. The van der Waals surface area contributed by atoms with E-state index >= 15 is 0 Å². The lowest BCUT2D eigenvalue weighted by Crippen LogP contribution is -2.10. The van der Waals surface area contributed by atoms with E-state index in [1.807, 2.05) is 20.2 Å². The zero-order valence-corrected chi connectivity index (χ0v) is 11.6. The van der Waals surface area contributed by atoms with E-state index in [0.29, 0.717) is 23.2 Å². The first-order valence-corrected chi connectivity index (χ1v) is 6.29. The maximum Gasteiger partial charge on any atom is 0.200 e. The van der Waals surface area contributed by atoms with Crippen molar-refractivity contribution < 1.29 is 0 Å². The lowest BCUT2D eigenvalue weighted by atomic mass is 10.2. The van der Waals surface area contributed by atoms with Gasteiger partial charge in [-0.3, -0.25) is 4.68 Å². The van der Waals surface area contributed by atoms with Crippen LogP contribution in [0.2, 0.25) is 0 Å². The molecule has 3 heterocycles. The molecule has 0 aliphatic carbocycles. The van der Waals surface area contributed by atoms with Crippen LogP contribution in [-0.4, -0.2) is 29.7 Å². The van der Waals surface area contributed by atoms with Gasteiger partial charge < -0.3 is 5.43 Å². The molecule has 0 aromatic carbocycles. The summed E-state index contributed by atoms with van der Waals surface area (Å²) in [7, 11) is 1.84. The summed E-state index contributed by atoms with van der Waals surface area (Å²) in [5, 5.41) is 4.14. The minimum Gasteiger partial charge on any atom is -0.308 e. The Morgan fingerprint density at radius 1 is 1.10 bits per heavy atom. The van der Waals surface area contributed by atoms with Crippen molar-refractivity contribution in [1.82, 2.24) is 29.7 Å². The summed E-state index contributed by atoms with van der Waals surface area (Å²) >= 11 is 0. The Hall–Kier alpha value is -2.87. The molecule has 0 radical (unpaired) electrons. The fourth-order valence-electron chi connectivity index (χ4n) is 1.83. The van der Waals surface area contributed by atoms with Gasteiger partial charge in [-0.05, 0) is 12.5 Å². The second-order valence-electron chi connectivity index (χ2n) is 4.59. The van der Waals surface area contributed by atoms with Crippen LogP contribution in [0.5, 0.6) is 0 Å². The Bertz CT molecular complexity index is 762. The third kappa shape index (κ3) is 2.70. The second kappa shape index (κ2) is 5.25. The second-order valence-corrected chi connectivity index (χ2v) is 4.59. The number of hydrogen-bond donors (Lipinski definition) is 2. The number of nitrogens with two attached hydrogens (primary N) is 1. The molecule has 0 fully saturated rings. The van der Waals surface area contributed by atoms with E-state index in [4.69, 9.17) is 5.84 Å². The van der Waals surface area contributed by atoms with Crippen LogP contribution in [0.4, 0.5) is 5.82 Å². The molecule has 0 aliphatic rings. The summed E-state index contributed by atoms with van der Waals surface area (Å²) < 4.78 is 1.70. The van der Waals surface area contributed by atoms with Crippen molar-refractivity contribution >= 4 is 5.82 Å². The molecule has 3 aromatic heterocycles. The molecule has 0 spiro atoms. The van der Waals surface area contributed by atoms with Crippen molar-refractivity contribution in [1.29, 1.82) is 0 Å². The van der Waals surface area contributed by atoms with Crippen LogP contribution in [0.1, 0.15) is 5.56 Å². The van der Waals surface area contributed by atoms with E-state index in [2.05, 4.69) is 30.5 Å². The van der Waals surface area contributed by atoms with Crippen LogP contribution in [0.15, 0.2) is 30.9 Å². The fourth-order valence-corrected chi connectivity index (χ4v) is 1.83. The number of nitrogens with one attached hydrogen (secondary N) is 1. The van der Waals surface area contributed by atoms with E-state index in [-0.39, 0.29) is 0 Å². The van der Waals surface area contributed by atoms with Crippen molar-refractivity contribution in [2.75, 3.05) is 5.43 Å². The largest absolute Gasteiger partial charge is 0.308 e. The van der Waals surface area contributed by atoms with Gasteiger partial charge >= 0.3 is 0 Å². The molecule has 3 aromatic rings. The van der Waals surface area contributed by atoms with Gasteiger partial charge in [0.1, 0.15) is 5.82 Å². The summed E-state index contributed by atoms with van der Waals surface area (Å²) in [5.74, 6) is 6.81. The van der Waals surface area contributed by atoms with Crippen LogP contribution in [-0.2, 0) is 7.05 Å². The molecule has 0 amide bonds. The van der Waals surface area contributed by atoms with Crippen LogP contribution >= 0.6 is 0 Å². The van der Waals surface area contributed by atoms with Gasteiger partial charge in [-0.25, -0.2) is 25.8 Å². The van der Waals surface area contributed by atoms with Crippen molar-refractivity contribution in [2.45, 2.75) is 6.92 Å². The molecule has 106 valence electrons. The summed E-state index contributed by atoms with van der Waals surface area (Å²) in [4.78, 5) is 17.2. The van der Waals surface area contributed by atoms with Crippen molar-refractivity contribution in [2.24, 2.45) is 12.9 Å². The number of rotatable bonds is 3. The number of hydrazine groups is 1. The summed E-state index contributed by atoms with van der Waals surface area (Å²) in [6.45, 7) is 1.92. The van der Waals surface area contributed by atoms with E-state index in [1.54, 1.807) is 29.3 Å². The monoisotopic (exact) mass is 282 g/mol. The zero-order valence-electron chi connectivity index (χ0n) is 11.6. The van der Waals surface area contributed by atoms with E-state index in [0.717, 1.165) is 11.1 Å². The minimum absolute atomic E-state index is 0.407. The number of nitrogen functional groups attached to an aromatic ring is 1. The molecule has 21 heavy (non-hydrogen) atoms. The molecule has 0 unspecified atom stereocenters. The van der Waals surface area contributed by atoms with Gasteiger partial charge in [-0.1, -0.05) is 0 Å². The summed E-state index contributed by atoms with van der Waals surface area (Å²) in [6.07, 6.45) is 7.03. The molecule has 0 bridgehead atoms.